The van der Waals surface area contributed by atoms with E-state index in [1.165, 1.54) is 12.8 Å². The Labute approximate surface area is 176 Å². The van der Waals surface area contributed by atoms with Gasteiger partial charge in [-0.1, -0.05) is 12.1 Å². The van der Waals surface area contributed by atoms with Crippen molar-refractivity contribution in [3.8, 4) is 11.5 Å². The van der Waals surface area contributed by atoms with Crippen LogP contribution < -0.4 is 4.90 Å². The van der Waals surface area contributed by atoms with Crippen LogP contribution in [0, 0.1) is 19.7 Å². The maximum atomic E-state index is 14.7. The van der Waals surface area contributed by atoms with Crippen molar-refractivity contribution in [2.45, 2.75) is 52.9 Å². The number of anilines is 1. The first-order valence-corrected chi connectivity index (χ1v) is 10.8. The van der Waals surface area contributed by atoms with E-state index in [2.05, 4.69) is 15.0 Å². The molecule has 0 unspecified atom stereocenters. The van der Waals surface area contributed by atoms with E-state index >= 15 is 0 Å². The Morgan fingerprint density at radius 3 is 2.33 bits per heavy atom. The minimum Gasteiger partial charge on any atom is -0.381 e. The van der Waals surface area contributed by atoms with Crippen molar-refractivity contribution in [1.29, 1.82) is 0 Å². The molecule has 160 valence electrons. The Morgan fingerprint density at radius 1 is 1.03 bits per heavy atom. The zero-order chi connectivity index (χ0) is 21.1. The summed E-state index contributed by atoms with van der Waals surface area (Å²) in [7, 11) is 0. The summed E-state index contributed by atoms with van der Waals surface area (Å²) in [5, 5.41) is 4.74. The molecule has 4 heterocycles. The number of rotatable bonds is 3. The standard InChI is InChI=1S/C19H21FN4O.C4H8O/c1-4-13-9-14-11(2)16(19-21-12(3)23-25-19)18(24-7-5-6-8-24)22-17(14)15(20)10-13;1-2-4-5-3-1/h9-10H,4-8H2,1-3H3;1-4H2. The molecule has 2 aromatic heterocycles. The molecule has 3 aromatic rings. The van der Waals surface area contributed by atoms with Crippen LogP contribution in [0.25, 0.3) is 22.4 Å². The molecule has 0 spiro atoms. The van der Waals surface area contributed by atoms with Crippen molar-refractivity contribution in [2.75, 3.05) is 31.2 Å². The maximum Gasteiger partial charge on any atom is 0.261 e. The molecule has 2 aliphatic heterocycles. The van der Waals surface area contributed by atoms with Crippen LogP contribution in [0.5, 0.6) is 0 Å². The topological polar surface area (TPSA) is 64.3 Å². The summed E-state index contributed by atoms with van der Waals surface area (Å²) < 4.78 is 25.1. The minimum atomic E-state index is -0.272. The van der Waals surface area contributed by atoms with Gasteiger partial charge in [0.05, 0.1) is 5.56 Å². The molecule has 1 aromatic carbocycles. The number of pyridine rings is 1. The van der Waals surface area contributed by atoms with E-state index in [0.717, 1.165) is 73.5 Å². The second-order valence-corrected chi connectivity index (χ2v) is 7.92. The van der Waals surface area contributed by atoms with Crippen LogP contribution in [0.15, 0.2) is 16.7 Å². The van der Waals surface area contributed by atoms with Crippen LogP contribution >= 0.6 is 0 Å². The molecule has 0 radical (unpaired) electrons. The smallest absolute Gasteiger partial charge is 0.261 e. The fourth-order valence-corrected chi connectivity index (χ4v) is 4.05. The zero-order valence-corrected chi connectivity index (χ0v) is 18.0. The summed E-state index contributed by atoms with van der Waals surface area (Å²) in [5.41, 5.74) is 3.13. The van der Waals surface area contributed by atoms with Crippen LogP contribution in [0.4, 0.5) is 10.2 Å². The predicted octanol–water partition coefficient (Wildman–Crippen LogP) is 5.00. The van der Waals surface area contributed by atoms with Gasteiger partial charge in [-0.05, 0) is 69.2 Å². The Hall–Kier alpha value is -2.54. The molecule has 0 atom stereocenters. The first-order valence-electron chi connectivity index (χ1n) is 10.8. The normalized spacial score (nSPS) is 16.2. The number of nitrogens with zero attached hydrogens (tertiary/aromatic N) is 4. The number of hydrogen-bond acceptors (Lipinski definition) is 6. The highest BCUT2D eigenvalue weighted by Crippen LogP contribution is 2.38. The van der Waals surface area contributed by atoms with Crippen LogP contribution in [0.2, 0.25) is 0 Å². The van der Waals surface area contributed by atoms with E-state index in [0.29, 0.717) is 17.2 Å². The molecule has 6 nitrogen and oxygen atoms in total. The molecule has 0 aliphatic carbocycles. The van der Waals surface area contributed by atoms with E-state index in [4.69, 9.17) is 14.2 Å². The van der Waals surface area contributed by atoms with E-state index < -0.39 is 0 Å². The van der Waals surface area contributed by atoms with Gasteiger partial charge >= 0.3 is 0 Å². The highest BCUT2D eigenvalue weighted by atomic mass is 19.1. The lowest BCUT2D eigenvalue weighted by Crippen LogP contribution is -2.20. The molecule has 2 saturated heterocycles. The number of aryl methyl sites for hydroxylation is 3. The Balaban J connectivity index is 0.000000383. The molecule has 2 aliphatic rings. The van der Waals surface area contributed by atoms with Gasteiger partial charge in [0.15, 0.2) is 5.82 Å². The average Bonchev–Trinajstić information content (AvgIpc) is 3.52. The number of aromatic nitrogens is 3. The lowest BCUT2D eigenvalue weighted by atomic mass is 10.00. The van der Waals surface area contributed by atoms with E-state index in [1.54, 1.807) is 13.0 Å². The van der Waals surface area contributed by atoms with Gasteiger partial charge in [0.1, 0.15) is 17.2 Å². The SMILES string of the molecule is C1CCOC1.CCc1cc(F)c2nc(N3CCCC3)c(-c3nc(C)no3)c(C)c2c1. The molecule has 30 heavy (non-hydrogen) atoms. The maximum absolute atomic E-state index is 14.7. The van der Waals surface area contributed by atoms with Crippen molar-refractivity contribution in [2.24, 2.45) is 0 Å². The van der Waals surface area contributed by atoms with Crippen molar-refractivity contribution >= 4 is 16.7 Å². The predicted molar refractivity (Wildman–Crippen MR) is 115 cm³/mol. The number of halogens is 1. The van der Waals surface area contributed by atoms with Gasteiger partial charge in [0.2, 0.25) is 0 Å². The number of benzene rings is 1. The van der Waals surface area contributed by atoms with Crippen LogP contribution in [0.1, 0.15) is 49.6 Å². The van der Waals surface area contributed by atoms with Crippen LogP contribution in [-0.2, 0) is 11.2 Å². The lowest BCUT2D eigenvalue weighted by molar-refractivity contribution is 0.198. The van der Waals surface area contributed by atoms with Gasteiger partial charge in [0, 0.05) is 31.7 Å². The number of hydrogen-bond donors (Lipinski definition) is 0. The second kappa shape index (κ2) is 9.08. The number of fused-ring (bicyclic) bond motifs is 1. The molecule has 2 fully saturated rings. The molecular formula is C23H29FN4O2. The van der Waals surface area contributed by atoms with Crippen molar-refractivity contribution in [1.82, 2.24) is 15.1 Å². The summed E-state index contributed by atoms with van der Waals surface area (Å²) >= 11 is 0. The van der Waals surface area contributed by atoms with Crippen molar-refractivity contribution in [3.63, 3.8) is 0 Å². The highest BCUT2D eigenvalue weighted by Gasteiger charge is 2.25. The van der Waals surface area contributed by atoms with Crippen molar-refractivity contribution in [3.05, 3.63) is 34.9 Å². The van der Waals surface area contributed by atoms with Crippen LogP contribution in [-0.4, -0.2) is 41.4 Å². The minimum absolute atomic E-state index is 0.272. The largest absolute Gasteiger partial charge is 0.381 e. The highest BCUT2D eigenvalue weighted by molar-refractivity contribution is 5.93. The molecule has 0 saturated carbocycles. The van der Waals surface area contributed by atoms with Gasteiger partial charge in [-0.3, -0.25) is 0 Å². The summed E-state index contributed by atoms with van der Waals surface area (Å²) in [5.74, 6) is 1.50. The summed E-state index contributed by atoms with van der Waals surface area (Å²) in [6, 6.07) is 3.60. The molecule has 7 heteroatoms. The summed E-state index contributed by atoms with van der Waals surface area (Å²) in [6.45, 7) is 9.61. The average molecular weight is 413 g/mol. The Morgan fingerprint density at radius 2 is 1.77 bits per heavy atom. The third-order valence-corrected chi connectivity index (χ3v) is 5.73. The van der Waals surface area contributed by atoms with Crippen LogP contribution in [0.3, 0.4) is 0 Å². The molecule has 0 bridgehead atoms. The second-order valence-electron chi connectivity index (χ2n) is 7.92. The Bertz CT molecular complexity index is 1020. The Kier molecular flexibility index (Phi) is 6.27. The quantitative estimate of drug-likeness (QED) is 0.603. The zero-order valence-electron chi connectivity index (χ0n) is 18.0. The van der Waals surface area contributed by atoms with Gasteiger partial charge in [-0.15, -0.1) is 0 Å². The third-order valence-electron chi connectivity index (χ3n) is 5.73. The van der Waals surface area contributed by atoms with Gasteiger partial charge in [-0.2, -0.15) is 4.98 Å². The summed E-state index contributed by atoms with van der Waals surface area (Å²) in [6.07, 6.45) is 5.55. The van der Waals surface area contributed by atoms with Crippen molar-refractivity contribution < 1.29 is 13.7 Å². The first kappa shape index (κ1) is 20.7. The summed E-state index contributed by atoms with van der Waals surface area (Å²) in [4.78, 5) is 11.3. The van der Waals surface area contributed by atoms with Gasteiger partial charge < -0.3 is 14.2 Å². The molecular weight excluding hydrogens is 383 g/mol. The van der Waals surface area contributed by atoms with Gasteiger partial charge in [0.25, 0.3) is 5.89 Å². The fourth-order valence-electron chi connectivity index (χ4n) is 4.05. The third kappa shape index (κ3) is 4.17. The van der Waals surface area contributed by atoms with E-state index in [9.17, 15) is 4.39 Å². The van der Waals surface area contributed by atoms with E-state index in [-0.39, 0.29) is 5.82 Å². The molecule has 5 rings (SSSR count). The number of ether oxygens (including phenoxy) is 1. The van der Waals surface area contributed by atoms with E-state index in [1.807, 2.05) is 19.9 Å². The lowest BCUT2D eigenvalue weighted by Gasteiger charge is -2.21. The van der Waals surface area contributed by atoms with Gasteiger partial charge in [-0.25, -0.2) is 9.37 Å². The first-order chi connectivity index (χ1) is 14.6. The molecule has 0 N–H and O–H groups in total. The fraction of sp³-hybridized carbons (Fsp3) is 0.522. The monoisotopic (exact) mass is 412 g/mol. The molecule has 0 amide bonds.